The Labute approximate surface area is 130 Å². The standard InChI is InChI=1S/C15H15BrO5/c1-18-11-7-10(15(17)21-4)14(16)9-6-13(20-3)12(19-2)5-8(9)11/h5-7H,1-4H3. The monoisotopic (exact) mass is 354 g/mol. The summed E-state index contributed by atoms with van der Waals surface area (Å²) >= 11 is 3.44. The molecule has 0 atom stereocenters. The highest BCUT2D eigenvalue weighted by molar-refractivity contribution is 9.10. The smallest absolute Gasteiger partial charge is 0.339 e. The fourth-order valence-corrected chi connectivity index (χ4v) is 2.71. The first-order valence-electron chi connectivity index (χ1n) is 6.07. The molecule has 0 bridgehead atoms. The summed E-state index contributed by atoms with van der Waals surface area (Å²) in [6.45, 7) is 0. The van der Waals surface area contributed by atoms with E-state index in [1.54, 1.807) is 39.5 Å². The van der Waals surface area contributed by atoms with Crippen molar-refractivity contribution in [3.8, 4) is 17.2 Å². The number of carbonyl (C=O) groups excluding carboxylic acids is 1. The van der Waals surface area contributed by atoms with Crippen molar-refractivity contribution in [3.05, 3.63) is 28.2 Å². The number of esters is 1. The van der Waals surface area contributed by atoms with E-state index in [9.17, 15) is 4.79 Å². The molecule has 6 heteroatoms. The van der Waals surface area contributed by atoms with Crippen LogP contribution >= 0.6 is 15.9 Å². The molecule has 2 rings (SSSR count). The van der Waals surface area contributed by atoms with E-state index in [0.717, 1.165) is 10.8 Å². The van der Waals surface area contributed by atoms with Crippen molar-refractivity contribution in [1.82, 2.24) is 0 Å². The zero-order chi connectivity index (χ0) is 15.6. The predicted octanol–water partition coefficient (Wildman–Crippen LogP) is 3.41. The van der Waals surface area contributed by atoms with Crippen molar-refractivity contribution in [2.75, 3.05) is 28.4 Å². The van der Waals surface area contributed by atoms with Gasteiger partial charge in [-0.3, -0.25) is 0 Å². The van der Waals surface area contributed by atoms with Gasteiger partial charge in [0.15, 0.2) is 11.5 Å². The van der Waals surface area contributed by atoms with Gasteiger partial charge in [-0.05, 0) is 34.1 Å². The Morgan fingerprint density at radius 2 is 1.38 bits per heavy atom. The van der Waals surface area contributed by atoms with E-state index in [2.05, 4.69) is 15.9 Å². The molecule has 0 saturated carbocycles. The average Bonchev–Trinajstić information content (AvgIpc) is 2.53. The van der Waals surface area contributed by atoms with Gasteiger partial charge in [0.05, 0.1) is 34.0 Å². The van der Waals surface area contributed by atoms with Crippen LogP contribution in [-0.4, -0.2) is 34.4 Å². The number of benzene rings is 2. The van der Waals surface area contributed by atoms with Gasteiger partial charge >= 0.3 is 5.97 Å². The number of fused-ring (bicyclic) bond motifs is 1. The van der Waals surface area contributed by atoms with Gasteiger partial charge in [0, 0.05) is 15.2 Å². The summed E-state index contributed by atoms with van der Waals surface area (Å²) in [5, 5.41) is 1.57. The van der Waals surface area contributed by atoms with Gasteiger partial charge in [0.1, 0.15) is 5.75 Å². The summed E-state index contributed by atoms with van der Waals surface area (Å²) < 4.78 is 21.4. The largest absolute Gasteiger partial charge is 0.496 e. The van der Waals surface area contributed by atoms with Crippen LogP contribution < -0.4 is 14.2 Å². The molecule has 0 unspecified atom stereocenters. The maximum absolute atomic E-state index is 11.9. The van der Waals surface area contributed by atoms with Gasteiger partial charge in [-0.25, -0.2) is 4.79 Å². The molecule has 0 radical (unpaired) electrons. The van der Waals surface area contributed by atoms with Crippen molar-refractivity contribution >= 4 is 32.7 Å². The second kappa shape index (κ2) is 6.22. The van der Waals surface area contributed by atoms with Gasteiger partial charge < -0.3 is 18.9 Å². The first-order valence-corrected chi connectivity index (χ1v) is 6.87. The van der Waals surface area contributed by atoms with E-state index >= 15 is 0 Å². The van der Waals surface area contributed by atoms with Crippen molar-refractivity contribution in [2.45, 2.75) is 0 Å². The van der Waals surface area contributed by atoms with E-state index in [4.69, 9.17) is 18.9 Å². The molecule has 0 amide bonds. The quantitative estimate of drug-likeness (QED) is 0.787. The van der Waals surface area contributed by atoms with Crippen molar-refractivity contribution in [3.63, 3.8) is 0 Å². The molecule has 112 valence electrons. The molecule has 0 aliphatic carbocycles. The minimum absolute atomic E-state index is 0.383. The fourth-order valence-electron chi connectivity index (χ4n) is 2.11. The van der Waals surface area contributed by atoms with Crippen molar-refractivity contribution in [1.29, 1.82) is 0 Å². The Bertz CT molecular complexity index is 696. The molecule has 0 fully saturated rings. The number of ether oxygens (including phenoxy) is 4. The summed E-state index contributed by atoms with van der Waals surface area (Å²) in [6.07, 6.45) is 0. The van der Waals surface area contributed by atoms with Gasteiger partial charge in [0.25, 0.3) is 0 Å². The number of carbonyl (C=O) groups is 1. The minimum atomic E-state index is -0.447. The lowest BCUT2D eigenvalue weighted by atomic mass is 10.0. The molecule has 0 saturated heterocycles. The van der Waals surface area contributed by atoms with Crippen molar-refractivity contribution < 1.29 is 23.7 Å². The zero-order valence-electron chi connectivity index (χ0n) is 12.2. The molecule has 0 N–H and O–H groups in total. The van der Waals surface area contributed by atoms with E-state index in [0.29, 0.717) is 27.3 Å². The first kappa shape index (κ1) is 15.4. The minimum Gasteiger partial charge on any atom is -0.496 e. The molecule has 2 aromatic rings. The molecule has 5 nitrogen and oxygen atoms in total. The highest BCUT2D eigenvalue weighted by atomic mass is 79.9. The topological polar surface area (TPSA) is 54.0 Å². The van der Waals surface area contributed by atoms with Gasteiger partial charge in [-0.15, -0.1) is 0 Å². The predicted molar refractivity (Wildman–Crippen MR) is 82.6 cm³/mol. The van der Waals surface area contributed by atoms with Crippen molar-refractivity contribution in [2.24, 2.45) is 0 Å². The van der Waals surface area contributed by atoms with Crippen LogP contribution in [0.5, 0.6) is 17.2 Å². The molecule has 0 aliphatic rings. The van der Waals surface area contributed by atoms with Gasteiger partial charge in [-0.2, -0.15) is 0 Å². The van der Waals surface area contributed by atoms with Crippen LogP contribution in [0.4, 0.5) is 0 Å². The Morgan fingerprint density at radius 3 is 1.86 bits per heavy atom. The third-order valence-corrected chi connectivity index (χ3v) is 4.02. The average molecular weight is 355 g/mol. The lowest BCUT2D eigenvalue weighted by Gasteiger charge is -2.14. The lowest BCUT2D eigenvalue weighted by molar-refractivity contribution is 0.0599. The van der Waals surface area contributed by atoms with E-state index < -0.39 is 5.97 Å². The Morgan fingerprint density at radius 1 is 0.857 bits per heavy atom. The normalized spacial score (nSPS) is 10.3. The fraction of sp³-hybridized carbons (Fsp3) is 0.267. The second-order valence-electron chi connectivity index (χ2n) is 4.18. The van der Waals surface area contributed by atoms with Crippen LogP contribution in [-0.2, 0) is 4.74 Å². The molecular formula is C15H15BrO5. The molecular weight excluding hydrogens is 340 g/mol. The Hall–Kier alpha value is -1.95. The number of hydrogen-bond acceptors (Lipinski definition) is 5. The zero-order valence-corrected chi connectivity index (χ0v) is 13.7. The molecule has 2 aromatic carbocycles. The highest BCUT2D eigenvalue weighted by Crippen LogP contribution is 2.41. The maximum Gasteiger partial charge on any atom is 0.339 e. The molecule has 21 heavy (non-hydrogen) atoms. The van der Waals surface area contributed by atoms with E-state index in [1.807, 2.05) is 0 Å². The van der Waals surface area contributed by atoms with Gasteiger partial charge in [0.2, 0.25) is 0 Å². The van der Waals surface area contributed by atoms with Gasteiger partial charge in [-0.1, -0.05) is 0 Å². The summed E-state index contributed by atoms with van der Waals surface area (Å²) in [4.78, 5) is 11.9. The molecule has 0 heterocycles. The second-order valence-corrected chi connectivity index (χ2v) is 4.98. The summed E-state index contributed by atoms with van der Waals surface area (Å²) in [5.74, 6) is 1.25. The third kappa shape index (κ3) is 2.63. The van der Waals surface area contributed by atoms with Crippen LogP contribution in [0.3, 0.4) is 0 Å². The van der Waals surface area contributed by atoms with Crippen LogP contribution in [0.2, 0.25) is 0 Å². The Balaban J connectivity index is 2.85. The first-order chi connectivity index (χ1) is 10.1. The lowest BCUT2D eigenvalue weighted by Crippen LogP contribution is -2.04. The summed E-state index contributed by atoms with van der Waals surface area (Å²) in [5.41, 5.74) is 0.383. The molecule has 0 spiro atoms. The maximum atomic E-state index is 11.9. The van der Waals surface area contributed by atoms with E-state index in [-0.39, 0.29) is 0 Å². The number of halogens is 1. The van der Waals surface area contributed by atoms with E-state index in [1.165, 1.54) is 7.11 Å². The Kier molecular flexibility index (Phi) is 4.57. The van der Waals surface area contributed by atoms with Crippen LogP contribution in [0.25, 0.3) is 10.8 Å². The number of hydrogen-bond donors (Lipinski definition) is 0. The SMILES string of the molecule is COC(=O)c1cc(OC)c2cc(OC)c(OC)cc2c1Br. The molecule has 0 aromatic heterocycles. The van der Waals surface area contributed by atoms with Crippen LogP contribution in [0, 0.1) is 0 Å². The highest BCUT2D eigenvalue weighted by Gasteiger charge is 2.19. The molecule has 0 aliphatic heterocycles. The number of methoxy groups -OCH3 is 4. The third-order valence-electron chi connectivity index (χ3n) is 3.16. The van der Waals surface area contributed by atoms with Crippen LogP contribution in [0.1, 0.15) is 10.4 Å². The summed E-state index contributed by atoms with van der Waals surface area (Å²) in [6, 6.07) is 5.22. The van der Waals surface area contributed by atoms with Crippen LogP contribution in [0.15, 0.2) is 22.7 Å². The summed E-state index contributed by atoms with van der Waals surface area (Å²) in [7, 11) is 5.99. The number of rotatable bonds is 4.